The molecule has 0 aromatic carbocycles. The lowest BCUT2D eigenvalue weighted by Gasteiger charge is -2.18. The number of furan rings is 1. The van der Waals surface area contributed by atoms with E-state index < -0.39 is 0 Å². The van der Waals surface area contributed by atoms with Crippen molar-refractivity contribution >= 4 is 0 Å². The Morgan fingerprint density at radius 3 is 2.88 bits per heavy atom. The molecule has 0 aliphatic heterocycles. The monoisotopic (exact) mass is 234 g/mol. The summed E-state index contributed by atoms with van der Waals surface area (Å²) in [5.74, 6) is 2.09. The molecule has 1 heterocycles. The smallest absolute Gasteiger partial charge is 0.118 e. The minimum Gasteiger partial charge on any atom is -0.463 e. The first-order valence-corrected chi connectivity index (χ1v) is 6.46. The predicted octanol–water partition coefficient (Wildman–Crippen LogP) is 2.54. The van der Waals surface area contributed by atoms with Crippen LogP contribution < -0.4 is 5.32 Å². The molecule has 0 amide bonds. The Labute approximate surface area is 103 Å². The largest absolute Gasteiger partial charge is 0.463 e. The average molecular weight is 234 g/mol. The summed E-state index contributed by atoms with van der Waals surface area (Å²) in [5.41, 5.74) is 0. The first-order valence-electron chi connectivity index (χ1n) is 6.46. The first-order chi connectivity index (χ1) is 8.33. The molecule has 0 radical (unpaired) electrons. The minimum atomic E-state index is 0.746. The highest BCUT2D eigenvalue weighted by molar-refractivity contribution is 5.08. The molecule has 3 heteroatoms. The number of nitrogens with one attached hydrogen (secondary N) is 1. The van der Waals surface area contributed by atoms with Crippen LogP contribution in [0.5, 0.6) is 0 Å². The normalized spacial score (nSPS) is 15.4. The quantitative estimate of drug-likeness (QED) is 0.701. The number of nitrogens with zero attached hydrogens (tertiary/aromatic N) is 1. The van der Waals surface area contributed by atoms with Gasteiger partial charge in [0.15, 0.2) is 0 Å². The third-order valence-electron chi connectivity index (χ3n) is 3.05. The van der Waals surface area contributed by atoms with Gasteiger partial charge in [0.25, 0.3) is 0 Å². The molecular formula is C14H22N2O. The van der Waals surface area contributed by atoms with E-state index in [0.29, 0.717) is 0 Å². The Bertz CT molecular complexity index is 355. The van der Waals surface area contributed by atoms with E-state index in [1.54, 1.807) is 0 Å². The highest BCUT2D eigenvalue weighted by atomic mass is 16.3. The molecule has 1 fully saturated rings. The highest BCUT2D eigenvalue weighted by Gasteiger charge is 2.28. The van der Waals surface area contributed by atoms with Crippen LogP contribution in [0.4, 0.5) is 0 Å². The van der Waals surface area contributed by atoms with E-state index in [0.717, 1.165) is 43.7 Å². The summed E-state index contributed by atoms with van der Waals surface area (Å²) in [5, 5.41) is 3.27. The van der Waals surface area contributed by atoms with Crippen LogP contribution in [0.25, 0.3) is 0 Å². The van der Waals surface area contributed by atoms with E-state index in [2.05, 4.69) is 35.9 Å². The highest BCUT2D eigenvalue weighted by Crippen LogP contribution is 2.28. The Morgan fingerprint density at radius 2 is 2.24 bits per heavy atom. The van der Waals surface area contributed by atoms with Crippen molar-refractivity contribution in [3.05, 3.63) is 36.3 Å². The molecule has 94 valence electrons. The van der Waals surface area contributed by atoms with E-state index in [4.69, 9.17) is 4.42 Å². The molecule has 1 N–H and O–H groups in total. The van der Waals surface area contributed by atoms with E-state index >= 15 is 0 Å². The fourth-order valence-electron chi connectivity index (χ4n) is 2.00. The van der Waals surface area contributed by atoms with Gasteiger partial charge in [-0.2, -0.15) is 0 Å². The van der Waals surface area contributed by atoms with Gasteiger partial charge < -0.3 is 9.73 Å². The van der Waals surface area contributed by atoms with E-state index in [9.17, 15) is 0 Å². The van der Waals surface area contributed by atoms with Gasteiger partial charge in [-0.05, 0) is 31.5 Å². The third-order valence-corrected chi connectivity index (χ3v) is 3.05. The summed E-state index contributed by atoms with van der Waals surface area (Å²) in [6.45, 7) is 9.57. The number of rotatable bonds is 8. The zero-order valence-electron chi connectivity index (χ0n) is 10.6. The SMILES string of the molecule is C=CCN(Cc1ccc(CNCC)o1)C1CC1. The van der Waals surface area contributed by atoms with Crippen LogP contribution in [0, 0.1) is 0 Å². The van der Waals surface area contributed by atoms with Crippen LogP contribution in [0.15, 0.2) is 29.2 Å². The molecule has 0 atom stereocenters. The topological polar surface area (TPSA) is 28.4 Å². The summed E-state index contributed by atoms with van der Waals surface area (Å²) in [6.07, 6.45) is 4.61. The van der Waals surface area contributed by atoms with Gasteiger partial charge in [0.2, 0.25) is 0 Å². The maximum atomic E-state index is 5.80. The Morgan fingerprint density at radius 1 is 1.47 bits per heavy atom. The van der Waals surface area contributed by atoms with Crippen LogP contribution in [0.2, 0.25) is 0 Å². The number of hydrogen-bond acceptors (Lipinski definition) is 3. The van der Waals surface area contributed by atoms with Gasteiger partial charge >= 0.3 is 0 Å². The minimum absolute atomic E-state index is 0.746. The molecule has 0 saturated heterocycles. The lowest BCUT2D eigenvalue weighted by atomic mass is 10.3. The molecule has 1 aromatic heterocycles. The van der Waals surface area contributed by atoms with Gasteiger partial charge in [-0.3, -0.25) is 4.90 Å². The zero-order chi connectivity index (χ0) is 12.1. The molecule has 3 nitrogen and oxygen atoms in total. The van der Waals surface area contributed by atoms with Crippen molar-refractivity contribution in [2.45, 2.75) is 38.9 Å². The molecule has 1 saturated carbocycles. The lowest BCUT2D eigenvalue weighted by molar-refractivity contribution is 0.255. The second-order valence-electron chi connectivity index (χ2n) is 4.60. The fourth-order valence-corrected chi connectivity index (χ4v) is 2.00. The van der Waals surface area contributed by atoms with Crippen LogP contribution in [0.1, 0.15) is 31.3 Å². The van der Waals surface area contributed by atoms with Crippen LogP contribution in [0.3, 0.4) is 0 Å². The van der Waals surface area contributed by atoms with Gasteiger partial charge in [-0.25, -0.2) is 0 Å². The molecule has 2 rings (SSSR count). The first kappa shape index (κ1) is 12.4. The van der Waals surface area contributed by atoms with Crippen LogP contribution >= 0.6 is 0 Å². The average Bonchev–Trinajstić information content (AvgIpc) is 3.08. The third kappa shape index (κ3) is 3.72. The van der Waals surface area contributed by atoms with Gasteiger partial charge in [0.05, 0.1) is 13.1 Å². The van der Waals surface area contributed by atoms with Crippen molar-refractivity contribution in [3.8, 4) is 0 Å². The second-order valence-corrected chi connectivity index (χ2v) is 4.60. The van der Waals surface area contributed by atoms with Gasteiger partial charge in [-0.15, -0.1) is 6.58 Å². The summed E-state index contributed by atoms with van der Waals surface area (Å²) in [4.78, 5) is 2.43. The van der Waals surface area contributed by atoms with Crippen LogP contribution in [-0.4, -0.2) is 24.0 Å². The van der Waals surface area contributed by atoms with Crippen molar-refractivity contribution in [3.63, 3.8) is 0 Å². The molecule has 1 aromatic rings. The summed E-state index contributed by atoms with van der Waals surface area (Å²) < 4.78 is 5.80. The number of hydrogen-bond donors (Lipinski definition) is 1. The van der Waals surface area contributed by atoms with Crippen LogP contribution in [-0.2, 0) is 13.1 Å². The molecule has 0 spiro atoms. The second kappa shape index (κ2) is 6.03. The molecule has 0 unspecified atom stereocenters. The fraction of sp³-hybridized carbons (Fsp3) is 0.571. The Kier molecular flexibility index (Phi) is 4.40. The summed E-state index contributed by atoms with van der Waals surface area (Å²) in [7, 11) is 0. The predicted molar refractivity (Wildman–Crippen MR) is 69.7 cm³/mol. The summed E-state index contributed by atoms with van der Waals surface area (Å²) in [6, 6.07) is 4.90. The maximum Gasteiger partial charge on any atom is 0.118 e. The molecule has 1 aliphatic carbocycles. The van der Waals surface area contributed by atoms with Crippen molar-refractivity contribution in [1.29, 1.82) is 0 Å². The standard InChI is InChI=1S/C14H22N2O/c1-3-9-16(12-5-6-12)11-14-8-7-13(17-14)10-15-4-2/h3,7-8,12,15H,1,4-6,9-11H2,2H3. The molecular weight excluding hydrogens is 212 g/mol. The Balaban J connectivity index is 1.87. The van der Waals surface area contributed by atoms with Crippen molar-refractivity contribution in [2.24, 2.45) is 0 Å². The Hall–Kier alpha value is -1.06. The van der Waals surface area contributed by atoms with Gasteiger partial charge in [0.1, 0.15) is 11.5 Å². The van der Waals surface area contributed by atoms with Gasteiger partial charge in [-0.1, -0.05) is 13.0 Å². The van der Waals surface area contributed by atoms with E-state index in [1.165, 1.54) is 12.8 Å². The van der Waals surface area contributed by atoms with Gasteiger partial charge in [0, 0.05) is 12.6 Å². The van der Waals surface area contributed by atoms with E-state index in [-0.39, 0.29) is 0 Å². The van der Waals surface area contributed by atoms with E-state index in [1.807, 2.05) is 6.08 Å². The summed E-state index contributed by atoms with van der Waals surface area (Å²) >= 11 is 0. The molecule has 1 aliphatic rings. The molecule has 17 heavy (non-hydrogen) atoms. The van der Waals surface area contributed by atoms with Crippen molar-refractivity contribution in [2.75, 3.05) is 13.1 Å². The lowest BCUT2D eigenvalue weighted by Crippen LogP contribution is -2.25. The van der Waals surface area contributed by atoms with Crippen molar-refractivity contribution < 1.29 is 4.42 Å². The molecule has 0 bridgehead atoms. The zero-order valence-corrected chi connectivity index (χ0v) is 10.6. The van der Waals surface area contributed by atoms with Crippen molar-refractivity contribution in [1.82, 2.24) is 10.2 Å². The maximum absolute atomic E-state index is 5.80.